The molecule has 0 unspecified atom stereocenters. The van der Waals surface area contributed by atoms with E-state index in [1.165, 1.54) is 6.07 Å². The van der Waals surface area contributed by atoms with Crippen molar-refractivity contribution in [1.29, 1.82) is 0 Å². The second kappa shape index (κ2) is 6.32. The van der Waals surface area contributed by atoms with Gasteiger partial charge in [0.2, 0.25) is 5.82 Å². The fourth-order valence-corrected chi connectivity index (χ4v) is 1.35. The fraction of sp³-hybridized carbons (Fsp3) is 0.400. The first-order valence-electron chi connectivity index (χ1n) is 4.82. The van der Waals surface area contributed by atoms with Crippen molar-refractivity contribution in [2.24, 2.45) is 0 Å². The minimum absolute atomic E-state index is 0.308. The normalized spacial score (nSPS) is 10.1. The zero-order valence-corrected chi connectivity index (χ0v) is 9.45. The topological polar surface area (TPSA) is 52.4 Å². The summed E-state index contributed by atoms with van der Waals surface area (Å²) in [5.41, 5.74) is -0.539. The lowest BCUT2D eigenvalue weighted by Crippen LogP contribution is -1.99. The Labute approximate surface area is 98.0 Å². The predicted molar refractivity (Wildman–Crippen MR) is 61.6 cm³/mol. The first-order chi connectivity index (χ1) is 7.65. The zero-order valence-electron chi connectivity index (χ0n) is 8.56. The van der Waals surface area contributed by atoms with Gasteiger partial charge in [-0.25, -0.2) is 0 Å². The lowest BCUT2D eigenvalue weighted by atomic mass is 10.3. The Hall–Kier alpha value is -1.30. The summed E-state index contributed by atoms with van der Waals surface area (Å²) in [5, 5.41) is 10.3. The zero-order chi connectivity index (χ0) is 12.0. The molecule has 0 atom stereocenters. The Kier molecular flexibility index (Phi) is 5.04. The van der Waals surface area contributed by atoms with Crippen LogP contribution in [0.15, 0.2) is 18.2 Å². The number of rotatable bonds is 6. The van der Waals surface area contributed by atoms with E-state index in [2.05, 4.69) is 12.6 Å². The van der Waals surface area contributed by atoms with Gasteiger partial charge in [-0.15, -0.1) is 0 Å². The van der Waals surface area contributed by atoms with Crippen LogP contribution in [0.1, 0.15) is 12.8 Å². The Morgan fingerprint density at radius 1 is 1.44 bits per heavy atom. The molecule has 0 fully saturated rings. The fourth-order valence-electron chi connectivity index (χ4n) is 1.13. The molecule has 0 aliphatic rings. The third-order valence-corrected chi connectivity index (χ3v) is 2.25. The van der Waals surface area contributed by atoms with Crippen molar-refractivity contribution in [1.82, 2.24) is 0 Å². The van der Waals surface area contributed by atoms with Crippen LogP contribution in [0.4, 0.5) is 10.1 Å². The van der Waals surface area contributed by atoms with Crippen LogP contribution in [0, 0.1) is 15.9 Å². The van der Waals surface area contributed by atoms with Crippen molar-refractivity contribution in [2.75, 3.05) is 12.4 Å². The van der Waals surface area contributed by atoms with Crippen molar-refractivity contribution in [3.63, 3.8) is 0 Å². The van der Waals surface area contributed by atoms with Gasteiger partial charge in [0.15, 0.2) is 0 Å². The maximum absolute atomic E-state index is 13.1. The van der Waals surface area contributed by atoms with Gasteiger partial charge in [0.1, 0.15) is 5.75 Å². The number of hydrogen-bond donors (Lipinski definition) is 1. The van der Waals surface area contributed by atoms with Crippen molar-refractivity contribution >= 4 is 18.3 Å². The molecule has 1 aromatic carbocycles. The monoisotopic (exact) mass is 245 g/mol. The molecule has 0 bridgehead atoms. The molecule has 4 nitrogen and oxygen atoms in total. The quantitative estimate of drug-likeness (QED) is 0.363. The smallest absolute Gasteiger partial charge is 0.305 e. The summed E-state index contributed by atoms with van der Waals surface area (Å²) in [6.07, 6.45) is 1.74. The molecule has 0 radical (unpaired) electrons. The highest BCUT2D eigenvalue weighted by molar-refractivity contribution is 7.80. The van der Waals surface area contributed by atoms with E-state index in [9.17, 15) is 14.5 Å². The van der Waals surface area contributed by atoms with Crippen LogP contribution in [0.3, 0.4) is 0 Å². The summed E-state index contributed by atoms with van der Waals surface area (Å²) in [7, 11) is 0. The SMILES string of the molecule is O=[N+]([O-])c1ccc(OCCCCS)cc1F. The third kappa shape index (κ3) is 3.69. The molecule has 6 heteroatoms. The van der Waals surface area contributed by atoms with Gasteiger partial charge in [-0.2, -0.15) is 17.0 Å². The number of ether oxygens (including phenoxy) is 1. The predicted octanol–water partition coefficient (Wildman–Crippen LogP) is 2.82. The standard InChI is InChI=1S/C10H12FNO3S/c11-9-7-8(15-5-1-2-6-16)3-4-10(9)12(13)14/h3-4,7,16H,1-2,5-6H2. The highest BCUT2D eigenvalue weighted by Gasteiger charge is 2.13. The van der Waals surface area contributed by atoms with Gasteiger partial charge in [0.05, 0.1) is 11.5 Å². The number of nitro benzene ring substituents is 1. The summed E-state index contributed by atoms with van der Waals surface area (Å²) in [6.45, 7) is 0.456. The van der Waals surface area contributed by atoms with Crippen molar-refractivity contribution in [2.45, 2.75) is 12.8 Å². The van der Waals surface area contributed by atoms with Gasteiger partial charge in [0, 0.05) is 12.1 Å². The van der Waals surface area contributed by atoms with Gasteiger partial charge < -0.3 is 4.74 Å². The maximum atomic E-state index is 13.1. The average Bonchev–Trinajstić information content (AvgIpc) is 2.24. The molecule has 0 heterocycles. The summed E-state index contributed by atoms with van der Waals surface area (Å²) in [5.74, 6) is 0.205. The van der Waals surface area contributed by atoms with Gasteiger partial charge in [0.25, 0.3) is 0 Å². The number of nitrogens with zero attached hydrogens (tertiary/aromatic N) is 1. The average molecular weight is 245 g/mol. The van der Waals surface area contributed by atoms with E-state index in [0.29, 0.717) is 12.4 Å². The van der Waals surface area contributed by atoms with E-state index < -0.39 is 16.4 Å². The van der Waals surface area contributed by atoms with Crippen molar-refractivity contribution < 1.29 is 14.1 Å². The number of hydrogen-bond acceptors (Lipinski definition) is 4. The van der Waals surface area contributed by atoms with E-state index in [-0.39, 0.29) is 0 Å². The van der Waals surface area contributed by atoms with Crippen LogP contribution in [0.25, 0.3) is 0 Å². The minimum Gasteiger partial charge on any atom is -0.493 e. The summed E-state index contributed by atoms with van der Waals surface area (Å²) >= 11 is 4.04. The van der Waals surface area contributed by atoms with Crippen LogP contribution in [0.2, 0.25) is 0 Å². The molecule has 0 amide bonds. The second-order valence-corrected chi connectivity index (χ2v) is 3.60. The van der Waals surface area contributed by atoms with Gasteiger partial charge >= 0.3 is 5.69 Å². The summed E-state index contributed by atoms with van der Waals surface area (Å²) in [4.78, 5) is 9.58. The third-order valence-electron chi connectivity index (χ3n) is 1.94. The Morgan fingerprint density at radius 2 is 2.19 bits per heavy atom. The van der Waals surface area contributed by atoms with Gasteiger partial charge in [-0.1, -0.05) is 0 Å². The largest absolute Gasteiger partial charge is 0.493 e. The molecule has 0 N–H and O–H groups in total. The Balaban J connectivity index is 2.56. The van der Waals surface area contributed by atoms with Crippen LogP contribution in [-0.4, -0.2) is 17.3 Å². The summed E-state index contributed by atoms with van der Waals surface area (Å²) in [6, 6.07) is 3.52. The minimum atomic E-state index is -0.878. The second-order valence-electron chi connectivity index (χ2n) is 3.15. The molecule has 1 rings (SSSR count). The van der Waals surface area contributed by atoms with Gasteiger partial charge in [-0.3, -0.25) is 10.1 Å². The maximum Gasteiger partial charge on any atom is 0.305 e. The molecule has 0 aromatic heterocycles. The molecule has 0 aliphatic heterocycles. The molecule has 0 saturated heterocycles. The van der Waals surface area contributed by atoms with Crippen LogP contribution in [0.5, 0.6) is 5.75 Å². The van der Waals surface area contributed by atoms with Crippen LogP contribution in [-0.2, 0) is 0 Å². The molecule has 0 saturated carbocycles. The number of benzene rings is 1. The number of unbranched alkanes of at least 4 members (excludes halogenated alkanes) is 1. The van der Waals surface area contributed by atoms with Crippen molar-refractivity contribution in [3.05, 3.63) is 34.1 Å². The first-order valence-corrected chi connectivity index (χ1v) is 5.46. The first kappa shape index (κ1) is 12.8. The molecular formula is C10H12FNO3S. The van der Waals surface area contributed by atoms with Crippen molar-refractivity contribution in [3.8, 4) is 5.75 Å². The Bertz CT molecular complexity index is 373. The van der Waals surface area contributed by atoms with E-state index in [0.717, 1.165) is 30.7 Å². The Morgan fingerprint density at radius 3 is 2.75 bits per heavy atom. The van der Waals surface area contributed by atoms with E-state index in [1.807, 2.05) is 0 Å². The number of thiol groups is 1. The molecular weight excluding hydrogens is 233 g/mol. The van der Waals surface area contributed by atoms with Gasteiger partial charge in [-0.05, 0) is 24.7 Å². The number of halogens is 1. The number of nitro groups is 1. The molecule has 1 aromatic rings. The lowest BCUT2D eigenvalue weighted by Gasteiger charge is -2.05. The molecule has 88 valence electrons. The molecule has 0 spiro atoms. The lowest BCUT2D eigenvalue weighted by molar-refractivity contribution is -0.387. The molecule has 0 aliphatic carbocycles. The summed E-state index contributed by atoms with van der Waals surface area (Å²) < 4.78 is 18.4. The highest BCUT2D eigenvalue weighted by Crippen LogP contribution is 2.22. The van der Waals surface area contributed by atoms with E-state index >= 15 is 0 Å². The van der Waals surface area contributed by atoms with Crippen LogP contribution >= 0.6 is 12.6 Å². The molecule has 16 heavy (non-hydrogen) atoms. The van der Waals surface area contributed by atoms with E-state index in [4.69, 9.17) is 4.74 Å². The van der Waals surface area contributed by atoms with Crippen LogP contribution < -0.4 is 4.74 Å². The highest BCUT2D eigenvalue weighted by atomic mass is 32.1. The van der Waals surface area contributed by atoms with E-state index in [1.54, 1.807) is 0 Å².